The summed E-state index contributed by atoms with van der Waals surface area (Å²) in [6, 6.07) is 1.92. The molecule has 0 spiro atoms. The number of hydrogen-bond acceptors (Lipinski definition) is 5. The SMILES string of the molecule is CCc1cc(C(=O)Nc2sc(C)c(C)c2C(=O)OC)sc1C. The molecular formula is C16H19NO3S2. The van der Waals surface area contributed by atoms with Gasteiger partial charge in [0.05, 0.1) is 17.6 Å². The zero-order chi connectivity index (χ0) is 16.4. The molecule has 4 nitrogen and oxygen atoms in total. The van der Waals surface area contributed by atoms with Gasteiger partial charge in [-0.2, -0.15) is 0 Å². The second-order valence-electron chi connectivity index (χ2n) is 4.98. The van der Waals surface area contributed by atoms with Crippen LogP contribution < -0.4 is 5.32 Å². The number of esters is 1. The second kappa shape index (κ2) is 6.62. The highest BCUT2D eigenvalue weighted by atomic mass is 32.1. The molecule has 0 unspecified atom stereocenters. The van der Waals surface area contributed by atoms with Gasteiger partial charge in [0.1, 0.15) is 5.00 Å². The van der Waals surface area contributed by atoms with Gasteiger partial charge in [-0.25, -0.2) is 4.79 Å². The molecule has 0 radical (unpaired) electrons. The average Bonchev–Trinajstić information content (AvgIpc) is 2.99. The van der Waals surface area contributed by atoms with Crippen LogP contribution in [0.2, 0.25) is 0 Å². The molecule has 22 heavy (non-hydrogen) atoms. The number of methoxy groups -OCH3 is 1. The molecule has 0 aliphatic rings. The van der Waals surface area contributed by atoms with Gasteiger partial charge in [-0.15, -0.1) is 22.7 Å². The van der Waals surface area contributed by atoms with Crippen LogP contribution in [0, 0.1) is 20.8 Å². The number of aryl methyl sites for hydroxylation is 3. The van der Waals surface area contributed by atoms with Crippen LogP contribution in [0.4, 0.5) is 5.00 Å². The molecule has 0 aliphatic heterocycles. The first-order valence-corrected chi connectivity index (χ1v) is 8.61. The molecule has 2 aromatic heterocycles. The summed E-state index contributed by atoms with van der Waals surface area (Å²) in [7, 11) is 1.34. The maximum absolute atomic E-state index is 12.4. The highest BCUT2D eigenvalue weighted by molar-refractivity contribution is 7.17. The standard InChI is InChI=1S/C16H19NO3S2/c1-6-11-7-12(21-10(11)4)14(18)17-15-13(16(19)20-5)8(2)9(3)22-15/h7H,6H2,1-5H3,(H,17,18). The molecule has 2 aromatic rings. The normalized spacial score (nSPS) is 10.6. The summed E-state index contributed by atoms with van der Waals surface area (Å²) in [5, 5.41) is 3.41. The highest BCUT2D eigenvalue weighted by Crippen LogP contribution is 2.34. The Morgan fingerprint density at radius 3 is 2.41 bits per heavy atom. The van der Waals surface area contributed by atoms with E-state index in [-0.39, 0.29) is 5.91 Å². The number of thiophene rings is 2. The fourth-order valence-electron chi connectivity index (χ4n) is 2.21. The van der Waals surface area contributed by atoms with Crippen molar-refractivity contribution in [1.82, 2.24) is 0 Å². The fourth-order valence-corrected chi connectivity index (χ4v) is 4.26. The molecule has 0 aliphatic carbocycles. The van der Waals surface area contributed by atoms with E-state index >= 15 is 0 Å². The lowest BCUT2D eigenvalue weighted by Gasteiger charge is -2.04. The van der Waals surface area contributed by atoms with Crippen LogP contribution in [0.3, 0.4) is 0 Å². The van der Waals surface area contributed by atoms with Crippen molar-refractivity contribution >= 4 is 39.6 Å². The smallest absolute Gasteiger partial charge is 0.341 e. The quantitative estimate of drug-likeness (QED) is 0.845. The highest BCUT2D eigenvalue weighted by Gasteiger charge is 2.22. The van der Waals surface area contributed by atoms with Gasteiger partial charge in [0.15, 0.2) is 0 Å². The molecule has 0 saturated heterocycles. The molecule has 2 heterocycles. The Kier molecular flexibility index (Phi) is 5.03. The van der Waals surface area contributed by atoms with Crippen molar-refractivity contribution in [2.75, 3.05) is 12.4 Å². The molecular weight excluding hydrogens is 318 g/mol. The molecule has 0 fully saturated rings. The third kappa shape index (κ3) is 3.08. The molecule has 0 saturated carbocycles. The Balaban J connectivity index is 2.32. The van der Waals surface area contributed by atoms with Crippen molar-refractivity contribution in [3.05, 3.63) is 37.4 Å². The lowest BCUT2D eigenvalue weighted by atomic mass is 10.1. The van der Waals surface area contributed by atoms with Crippen molar-refractivity contribution in [1.29, 1.82) is 0 Å². The van der Waals surface area contributed by atoms with Crippen LogP contribution in [0.25, 0.3) is 0 Å². The van der Waals surface area contributed by atoms with Crippen molar-refractivity contribution in [3.63, 3.8) is 0 Å². The number of rotatable bonds is 4. The zero-order valence-corrected chi connectivity index (χ0v) is 15.0. The Bertz CT molecular complexity index is 728. The molecule has 0 aromatic carbocycles. The van der Waals surface area contributed by atoms with Crippen LogP contribution in [0.15, 0.2) is 6.07 Å². The third-order valence-electron chi connectivity index (χ3n) is 3.63. The maximum Gasteiger partial charge on any atom is 0.341 e. The minimum absolute atomic E-state index is 0.181. The summed E-state index contributed by atoms with van der Waals surface area (Å²) in [6.45, 7) is 7.86. The summed E-state index contributed by atoms with van der Waals surface area (Å²) >= 11 is 2.87. The van der Waals surface area contributed by atoms with Gasteiger partial charge >= 0.3 is 5.97 Å². The van der Waals surface area contributed by atoms with Crippen LogP contribution in [0.5, 0.6) is 0 Å². The average molecular weight is 337 g/mol. The van der Waals surface area contributed by atoms with Gasteiger partial charge in [0.25, 0.3) is 5.91 Å². The van der Waals surface area contributed by atoms with Crippen LogP contribution in [-0.4, -0.2) is 19.0 Å². The van der Waals surface area contributed by atoms with E-state index in [9.17, 15) is 9.59 Å². The predicted molar refractivity (Wildman–Crippen MR) is 91.5 cm³/mol. The van der Waals surface area contributed by atoms with Gasteiger partial charge < -0.3 is 10.1 Å². The lowest BCUT2D eigenvalue weighted by molar-refractivity contribution is 0.0601. The van der Waals surface area contributed by atoms with Gasteiger partial charge in [0.2, 0.25) is 0 Å². The summed E-state index contributed by atoms with van der Waals surface area (Å²) in [4.78, 5) is 27.2. The van der Waals surface area contributed by atoms with Crippen molar-refractivity contribution in [3.8, 4) is 0 Å². The summed E-state index contributed by atoms with van der Waals surface area (Å²) in [5.74, 6) is -0.604. The number of anilines is 1. The Labute approximate surface area is 138 Å². The zero-order valence-electron chi connectivity index (χ0n) is 13.3. The Morgan fingerprint density at radius 1 is 1.18 bits per heavy atom. The van der Waals surface area contributed by atoms with E-state index in [4.69, 9.17) is 4.74 Å². The summed E-state index contributed by atoms with van der Waals surface area (Å²) in [5.41, 5.74) is 2.48. The Hall–Kier alpha value is -1.66. The van der Waals surface area contributed by atoms with E-state index in [2.05, 4.69) is 12.2 Å². The van der Waals surface area contributed by atoms with E-state index in [1.807, 2.05) is 26.8 Å². The van der Waals surface area contributed by atoms with Crippen LogP contribution in [-0.2, 0) is 11.2 Å². The van der Waals surface area contributed by atoms with Gasteiger partial charge in [-0.1, -0.05) is 6.92 Å². The van der Waals surface area contributed by atoms with Crippen molar-refractivity contribution in [2.24, 2.45) is 0 Å². The number of carbonyl (C=O) groups is 2. The number of carbonyl (C=O) groups excluding carboxylic acids is 2. The Morgan fingerprint density at radius 2 is 1.86 bits per heavy atom. The fraction of sp³-hybridized carbons (Fsp3) is 0.375. The molecule has 6 heteroatoms. The minimum atomic E-state index is -0.422. The first-order chi connectivity index (χ1) is 10.4. The number of ether oxygens (including phenoxy) is 1. The first kappa shape index (κ1) is 16.7. The van der Waals surface area contributed by atoms with Gasteiger partial charge in [-0.05, 0) is 44.4 Å². The van der Waals surface area contributed by atoms with Gasteiger partial charge in [0, 0.05) is 9.75 Å². The van der Waals surface area contributed by atoms with Crippen molar-refractivity contribution in [2.45, 2.75) is 34.1 Å². The largest absolute Gasteiger partial charge is 0.465 e. The molecule has 118 valence electrons. The molecule has 0 atom stereocenters. The van der Waals surface area contributed by atoms with E-state index in [1.54, 1.807) is 0 Å². The van der Waals surface area contributed by atoms with Crippen molar-refractivity contribution < 1.29 is 14.3 Å². The topological polar surface area (TPSA) is 55.4 Å². The number of nitrogens with one attached hydrogen (secondary N) is 1. The second-order valence-corrected chi connectivity index (χ2v) is 7.46. The van der Waals surface area contributed by atoms with Crippen LogP contribution in [0.1, 0.15) is 47.8 Å². The van der Waals surface area contributed by atoms with Gasteiger partial charge in [-0.3, -0.25) is 4.79 Å². The molecule has 1 N–H and O–H groups in total. The monoisotopic (exact) mass is 337 g/mol. The summed E-state index contributed by atoms with van der Waals surface area (Å²) < 4.78 is 4.82. The molecule has 2 rings (SSSR count). The minimum Gasteiger partial charge on any atom is -0.465 e. The maximum atomic E-state index is 12.4. The van der Waals surface area contributed by atoms with E-state index in [1.165, 1.54) is 35.3 Å². The number of hydrogen-bond donors (Lipinski definition) is 1. The number of amides is 1. The predicted octanol–water partition coefficient (Wildman–Crippen LogP) is 4.34. The third-order valence-corrected chi connectivity index (χ3v) is 5.84. The van der Waals surface area contributed by atoms with E-state index < -0.39 is 5.97 Å². The summed E-state index contributed by atoms with van der Waals surface area (Å²) in [6.07, 6.45) is 0.903. The first-order valence-electron chi connectivity index (χ1n) is 6.98. The van der Waals surface area contributed by atoms with Crippen LogP contribution >= 0.6 is 22.7 Å². The lowest BCUT2D eigenvalue weighted by Crippen LogP contribution is -2.13. The van der Waals surface area contributed by atoms with E-state index in [0.717, 1.165) is 21.7 Å². The van der Waals surface area contributed by atoms with E-state index in [0.29, 0.717) is 15.4 Å². The molecule has 1 amide bonds. The molecule has 0 bridgehead atoms.